The number of para-hydroxylation sites is 1. The molecule has 4 aromatic rings. The lowest BCUT2D eigenvalue weighted by Crippen LogP contribution is -2.52. The fourth-order valence-corrected chi connectivity index (χ4v) is 4.04. The Bertz CT molecular complexity index is 1200. The average Bonchev–Trinajstić information content (AvgIpc) is 3.33. The lowest BCUT2D eigenvalue weighted by atomic mass is 10.1. The number of fused-ring (bicyclic) bond motifs is 1. The van der Waals surface area contributed by atoms with E-state index in [9.17, 15) is 4.79 Å². The van der Waals surface area contributed by atoms with Crippen LogP contribution in [0.3, 0.4) is 0 Å². The fraction of sp³-hybridized carbons (Fsp3) is 0.250. The molecule has 5 rings (SSSR count). The van der Waals surface area contributed by atoms with Gasteiger partial charge in [-0.15, -0.1) is 0 Å². The Hall–Kier alpha value is -3.94. The largest absolute Gasteiger partial charge is 0.481 e. The summed E-state index contributed by atoms with van der Waals surface area (Å²) in [6.07, 6.45) is 2.83. The number of aromatic nitrogens is 4. The van der Waals surface area contributed by atoms with Crippen molar-refractivity contribution in [1.82, 2.24) is 24.5 Å². The smallest absolute Gasteiger partial charge is 0.263 e. The van der Waals surface area contributed by atoms with Gasteiger partial charge in [-0.2, -0.15) is 14.6 Å². The van der Waals surface area contributed by atoms with E-state index in [1.165, 1.54) is 6.33 Å². The maximum absolute atomic E-state index is 12.9. The van der Waals surface area contributed by atoms with Crippen molar-refractivity contribution in [3.05, 3.63) is 73.2 Å². The van der Waals surface area contributed by atoms with Gasteiger partial charge in [-0.1, -0.05) is 48.5 Å². The summed E-state index contributed by atoms with van der Waals surface area (Å²) in [6, 6.07) is 19.6. The lowest BCUT2D eigenvalue weighted by Gasteiger charge is -2.37. The molecule has 0 saturated carbocycles. The molecular weight excluding hydrogens is 404 g/mol. The quantitative estimate of drug-likeness (QED) is 0.487. The van der Waals surface area contributed by atoms with Gasteiger partial charge in [0.2, 0.25) is 0 Å². The van der Waals surface area contributed by atoms with Gasteiger partial charge in [0.25, 0.3) is 11.7 Å². The maximum atomic E-state index is 12.9. The number of hydrogen-bond acceptors (Lipinski definition) is 6. The molecular formula is C24H24N6O2. The number of amides is 1. The molecule has 1 unspecified atom stereocenters. The van der Waals surface area contributed by atoms with Gasteiger partial charge in [0.15, 0.2) is 6.10 Å². The van der Waals surface area contributed by atoms with Crippen LogP contribution >= 0.6 is 0 Å². The Morgan fingerprint density at radius 3 is 2.34 bits per heavy atom. The van der Waals surface area contributed by atoms with Crippen LogP contribution in [0.5, 0.6) is 5.75 Å². The molecule has 0 aliphatic carbocycles. The Morgan fingerprint density at radius 2 is 1.62 bits per heavy atom. The van der Waals surface area contributed by atoms with E-state index >= 15 is 0 Å². The van der Waals surface area contributed by atoms with Gasteiger partial charge in [-0.3, -0.25) is 4.79 Å². The summed E-state index contributed by atoms with van der Waals surface area (Å²) in [5.74, 6) is 2.20. The minimum Gasteiger partial charge on any atom is -0.481 e. The SMILES string of the molecule is CC(Oc1ccccc1)C(=O)N1CCN(c2c(-c3ccccc3)cnc3ncnn23)CC1. The van der Waals surface area contributed by atoms with E-state index in [4.69, 9.17) is 4.74 Å². The van der Waals surface area contributed by atoms with Crippen LogP contribution in [-0.4, -0.2) is 62.7 Å². The molecule has 3 heterocycles. The van der Waals surface area contributed by atoms with Gasteiger partial charge in [0.1, 0.15) is 17.9 Å². The molecule has 1 atom stereocenters. The molecule has 162 valence electrons. The highest BCUT2D eigenvalue weighted by Gasteiger charge is 2.28. The number of anilines is 1. The monoisotopic (exact) mass is 428 g/mol. The van der Waals surface area contributed by atoms with Gasteiger partial charge in [0, 0.05) is 37.9 Å². The van der Waals surface area contributed by atoms with Crippen LogP contribution in [0.15, 0.2) is 73.2 Å². The molecule has 2 aromatic heterocycles. The number of benzene rings is 2. The molecule has 0 radical (unpaired) electrons. The third kappa shape index (κ3) is 3.87. The van der Waals surface area contributed by atoms with Crippen molar-refractivity contribution in [3.63, 3.8) is 0 Å². The lowest BCUT2D eigenvalue weighted by molar-refractivity contribution is -0.138. The van der Waals surface area contributed by atoms with Crippen molar-refractivity contribution in [3.8, 4) is 16.9 Å². The summed E-state index contributed by atoms with van der Waals surface area (Å²) >= 11 is 0. The molecule has 0 N–H and O–H groups in total. The second-order valence-corrected chi connectivity index (χ2v) is 7.72. The maximum Gasteiger partial charge on any atom is 0.263 e. The predicted octanol–water partition coefficient (Wildman–Crippen LogP) is 2.91. The molecule has 0 spiro atoms. The summed E-state index contributed by atoms with van der Waals surface area (Å²) in [5.41, 5.74) is 2.06. The number of hydrogen-bond donors (Lipinski definition) is 0. The Morgan fingerprint density at radius 1 is 0.938 bits per heavy atom. The Kier molecular flexibility index (Phi) is 5.41. The van der Waals surface area contributed by atoms with E-state index < -0.39 is 6.10 Å². The van der Waals surface area contributed by atoms with Crippen LogP contribution < -0.4 is 9.64 Å². The second-order valence-electron chi connectivity index (χ2n) is 7.72. The molecule has 0 bridgehead atoms. The van der Waals surface area contributed by atoms with Crippen molar-refractivity contribution in [1.29, 1.82) is 0 Å². The van der Waals surface area contributed by atoms with Crippen LogP contribution in [0.2, 0.25) is 0 Å². The molecule has 1 aliphatic heterocycles. The molecule has 1 aliphatic rings. The highest BCUT2D eigenvalue weighted by molar-refractivity contribution is 5.81. The topological polar surface area (TPSA) is 75.9 Å². The summed E-state index contributed by atoms with van der Waals surface area (Å²) in [7, 11) is 0. The molecule has 1 fully saturated rings. The number of piperazine rings is 1. The number of rotatable bonds is 5. The van der Waals surface area contributed by atoms with E-state index in [0.717, 1.165) is 16.9 Å². The minimum atomic E-state index is -0.535. The number of carbonyl (C=O) groups is 1. The first-order chi connectivity index (χ1) is 15.7. The van der Waals surface area contributed by atoms with Gasteiger partial charge >= 0.3 is 0 Å². The third-order valence-corrected chi connectivity index (χ3v) is 5.66. The average molecular weight is 428 g/mol. The minimum absolute atomic E-state index is 0.00239. The first-order valence-corrected chi connectivity index (χ1v) is 10.7. The predicted molar refractivity (Wildman–Crippen MR) is 122 cm³/mol. The zero-order valence-corrected chi connectivity index (χ0v) is 17.8. The van der Waals surface area contributed by atoms with Crippen LogP contribution in [0.4, 0.5) is 5.82 Å². The molecule has 2 aromatic carbocycles. The van der Waals surface area contributed by atoms with Crippen molar-refractivity contribution < 1.29 is 9.53 Å². The van der Waals surface area contributed by atoms with E-state index in [-0.39, 0.29) is 5.91 Å². The highest BCUT2D eigenvalue weighted by atomic mass is 16.5. The first-order valence-electron chi connectivity index (χ1n) is 10.7. The number of nitrogens with zero attached hydrogens (tertiary/aromatic N) is 6. The molecule has 8 heteroatoms. The van der Waals surface area contributed by atoms with Crippen LogP contribution in [-0.2, 0) is 4.79 Å². The zero-order chi connectivity index (χ0) is 21.9. The molecule has 8 nitrogen and oxygen atoms in total. The van der Waals surface area contributed by atoms with Crippen LogP contribution in [0.25, 0.3) is 16.9 Å². The summed E-state index contributed by atoms with van der Waals surface area (Å²) in [6.45, 7) is 4.38. The second kappa shape index (κ2) is 8.66. The van der Waals surface area contributed by atoms with E-state index in [2.05, 4.69) is 32.1 Å². The Labute approximate surface area is 186 Å². The third-order valence-electron chi connectivity index (χ3n) is 5.66. The zero-order valence-electron chi connectivity index (χ0n) is 17.8. The van der Waals surface area contributed by atoms with E-state index in [1.54, 1.807) is 11.4 Å². The summed E-state index contributed by atoms with van der Waals surface area (Å²) in [5, 5.41) is 4.41. The van der Waals surface area contributed by atoms with Crippen molar-refractivity contribution in [2.24, 2.45) is 0 Å². The number of ether oxygens (including phenoxy) is 1. The fourth-order valence-electron chi connectivity index (χ4n) is 4.04. The molecule has 1 amide bonds. The normalized spacial score (nSPS) is 15.0. The first kappa shape index (κ1) is 20.0. The van der Waals surface area contributed by atoms with Crippen molar-refractivity contribution >= 4 is 17.5 Å². The highest BCUT2D eigenvalue weighted by Crippen LogP contribution is 2.31. The summed E-state index contributed by atoms with van der Waals surface area (Å²) < 4.78 is 7.61. The Balaban J connectivity index is 1.34. The van der Waals surface area contributed by atoms with Gasteiger partial charge in [0.05, 0.1) is 0 Å². The van der Waals surface area contributed by atoms with Gasteiger partial charge in [-0.05, 0) is 24.6 Å². The molecule has 32 heavy (non-hydrogen) atoms. The van der Waals surface area contributed by atoms with Crippen molar-refractivity contribution in [2.75, 3.05) is 31.1 Å². The molecule has 1 saturated heterocycles. The standard InChI is InChI=1S/C24H24N6O2/c1-18(32-20-10-6-3-7-11-20)23(31)29-14-12-28(13-15-29)22-21(19-8-4-2-5-9-19)16-25-24-26-17-27-30(22)24/h2-11,16-18H,12-15H2,1H3. The number of carbonyl (C=O) groups excluding carboxylic acids is 1. The van der Waals surface area contributed by atoms with E-state index in [0.29, 0.717) is 37.7 Å². The van der Waals surface area contributed by atoms with Gasteiger partial charge < -0.3 is 14.5 Å². The van der Waals surface area contributed by atoms with E-state index in [1.807, 2.05) is 59.6 Å². The van der Waals surface area contributed by atoms with Gasteiger partial charge in [-0.25, -0.2) is 4.98 Å². The van der Waals surface area contributed by atoms with Crippen molar-refractivity contribution in [2.45, 2.75) is 13.0 Å². The van der Waals surface area contributed by atoms with Crippen LogP contribution in [0.1, 0.15) is 6.92 Å². The summed E-state index contributed by atoms with van der Waals surface area (Å²) in [4.78, 5) is 25.8. The van der Waals surface area contributed by atoms with Crippen LogP contribution in [0, 0.1) is 0 Å².